The summed E-state index contributed by atoms with van der Waals surface area (Å²) in [6, 6.07) is 18.7. The van der Waals surface area contributed by atoms with E-state index in [0.29, 0.717) is 16.1 Å². The Labute approximate surface area is 166 Å². The number of para-hydroxylation sites is 1. The van der Waals surface area contributed by atoms with Gasteiger partial charge in [-0.15, -0.1) is 11.3 Å². The highest BCUT2D eigenvalue weighted by Crippen LogP contribution is 2.18. The smallest absolute Gasteiger partial charge is 0.339 e. The molecule has 0 aliphatic carbocycles. The van der Waals surface area contributed by atoms with Crippen LogP contribution in [-0.2, 0) is 4.74 Å². The molecular weight excluding hydrogens is 376 g/mol. The first kappa shape index (κ1) is 19.3. The Kier molecular flexibility index (Phi) is 6.18. The van der Waals surface area contributed by atoms with Crippen LogP contribution in [0.4, 0.5) is 5.69 Å². The molecule has 2 aromatic carbocycles. The third-order valence-corrected chi connectivity index (χ3v) is 4.84. The molecule has 0 aliphatic heterocycles. The third-order valence-electron chi connectivity index (χ3n) is 3.97. The number of amides is 1. The number of methoxy groups -OCH3 is 1. The van der Waals surface area contributed by atoms with E-state index >= 15 is 0 Å². The molecule has 3 rings (SSSR count). The van der Waals surface area contributed by atoms with Gasteiger partial charge < -0.3 is 15.4 Å². The molecule has 1 atom stereocenters. The minimum Gasteiger partial charge on any atom is -0.465 e. The average molecular weight is 394 g/mol. The van der Waals surface area contributed by atoms with Crippen LogP contribution in [0.5, 0.6) is 0 Å². The average Bonchev–Trinajstić information content (AvgIpc) is 3.28. The van der Waals surface area contributed by atoms with Crippen molar-refractivity contribution in [3.05, 3.63) is 88.1 Å². The van der Waals surface area contributed by atoms with E-state index in [1.165, 1.54) is 18.4 Å². The van der Waals surface area contributed by atoms with E-state index in [2.05, 4.69) is 10.6 Å². The number of hydrogen-bond acceptors (Lipinski definition) is 6. The van der Waals surface area contributed by atoms with Gasteiger partial charge in [0, 0.05) is 5.56 Å². The summed E-state index contributed by atoms with van der Waals surface area (Å²) < 4.78 is 4.79. The summed E-state index contributed by atoms with van der Waals surface area (Å²) in [4.78, 5) is 38.1. The number of carbonyl (C=O) groups is 3. The highest BCUT2D eigenvalue weighted by molar-refractivity contribution is 7.12. The molecule has 0 saturated heterocycles. The van der Waals surface area contributed by atoms with Crippen molar-refractivity contribution in [1.29, 1.82) is 0 Å². The van der Waals surface area contributed by atoms with Crippen molar-refractivity contribution in [3.8, 4) is 0 Å². The number of carbonyl (C=O) groups excluding carboxylic acids is 3. The number of rotatable bonds is 7. The summed E-state index contributed by atoms with van der Waals surface area (Å²) in [5.41, 5.74) is 1.08. The maximum atomic E-state index is 13.0. The predicted molar refractivity (Wildman–Crippen MR) is 108 cm³/mol. The van der Waals surface area contributed by atoms with Crippen LogP contribution >= 0.6 is 11.3 Å². The molecule has 0 radical (unpaired) electrons. The number of ether oxygens (including phenoxy) is 1. The molecule has 0 spiro atoms. The zero-order valence-electron chi connectivity index (χ0n) is 15.0. The number of hydrogen-bond donors (Lipinski definition) is 2. The Hall–Kier alpha value is -3.45. The second-order valence-electron chi connectivity index (χ2n) is 5.80. The van der Waals surface area contributed by atoms with E-state index in [9.17, 15) is 14.4 Å². The molecule has 3 aromatic rings. The van der Waals surface area contributed by atoms with Gasteiger partial charge in [0.1, 0.15) is 0 Å². The van der Waals surface area contributed by atoms with Gasteiger partial charge in [0.15, 0.2) is 6.17 Å². The van der Waals surface area contributed by atoms with E-state index in [0.717, 1.165) is 0 Å². The van der Waals surface area contributed by atoms with Crippen LogP contribution in [0.1, 0.15) is 30.4 Å². The van der Waals surface area contributed by atoms with Crippen LogP contribution in [0.15, 0.2) is 72.1 Å². The Bertz CT molecular complexity index is 971. The van der Waals surface area contributed by atoms with Gasteiger partial charge in [-0.2, -0.15) is 0 Å². The highest BCUT2D eigenvalue weighted by atomic mass is 32.1. The largest absolute Gasteiger partial charge is 0.465 e. The second kappa shape index (κ2) is 8.96. The van der Waals surface area contributed by atoms with E-state index in [1.807, 2.05) is 0 Å². The minimum absolute atomic E-state index is 0.265. The first-order valence-electron chi connectivity index (χ1n) is 8.47. The van der Waals surface area contributed by atoms with Crippen molar-refractivity contribution >= 4 is 34.7 Å². The fourth-order valence-electron chi connectivity index (χ4n) is 2.60. The van der Waals surface area contributed by atoms with Gasteiger partial charge in [-0.05, 0) is 23.6 Å². The number of ketones is 1. The molecule has 28 heavy (non-hydrogen) atoms. The summed E-state index contributed by atoms with van der Waals surface area (Å²) in [7, 11) is 1.28. The molecule has 1 amide bonds. The molecule has 7 heteroatoms. The molecule has 2 N–H and O–H groups in total. The van der Waals surface area contributed by atoms with E-state index in [-0.39, 0.29) is 17.3 Å². The normalized spacial score (nSPS) is 11.3. The standard InChI is InChI=1S/C21H18N2O4S/c1-27-21(26)15-10-5-6-11-16(15)22-19(18(24)14-8-3-2-4-9-14)23-20(25)17-12-7-13-28-17/h2-13,19,22H,1H3,(H,23,25). The van der Waals surface area contributed by atoms with Crippen molar-refractivity contribution in [2.75, 3.05) is 12.4 Å². The van der Waals surface area contributed by atoms with Crippen LogP contribution in [0, 0.1) is 0 Å². The topological polar surface area (TPSA) is 84.5 Å². The number of thiophene rings is 1. The highest BCUT2D eigenvalue weighted by Gasteiger charge is 2.24. The van der Waals surface area contributed by atoms with Crippen LogP contribution in [0.25, 0.3) is 0 Å². The lowest BCUT2D eigenvalue weighted by Gasteiger charge is -2.21. The second-order valence-corrected chi connectivity index (χ2v) is 6.74. The number of Topliss-reactive ketones (excluding diaryl/α,β-unsaturated/α-hetero) is 1. The third kappa shape index (κ3) is 4.44. The lowest BCUT2D eigenvalue weighted by Crippen LogP contribution is -2.46. The predicted octanol–water partition coefficient (Wildman–Crippen LogP) is 3.59. The Morgan fingerprint density at radius 2 is 1.64 bits per heavy atom. The Morgan fingerprint density at radius 3 is 2.32 bits per heavy atom. The maximum absolute atomic E-state index is 13.0. The monoisotopic (exact) mass is 394 g/mol. The van der Waals surface area contributed by atoms with Crippen molar-refractivity contribution < 1.29 is 19.1 Å². The van der Waals surface area contributed by atoms with Crippen LogP contribution in [0.2, 0.25) is 0 Å². The first-order chi connectivity index (χ1) is 13.6. The summed E-state index contributed by atoms with van der Waals surface area (Å²) in [6.45, 7) is 0. The quantitative estimate of drug-likeness (QED) is 0.363. The number of anilines is 1. The van der Waals surface area contributed by atoms with Crippen molar-refractivity contribution in [2.45, 2.75) is 6.17 Å². The van der Waals surface area contributed by atoms with Gasteiger partial charge in [0.25, 0.3) is 5.91 Å². The Balaban J connectivity index is 1.91. The van der Waals surface area contributed by atoms with Crippen LogP contribution in [-0.4, -0.2) is 30.9 Å². The molecule has 6 nitrogen and oxygen atoms in total. The summed E-state index contributed by atoms with van der Waals surface area (Å²) in [5.74, 6) is -1.25. The van der Waals surface area contributed by atoms with Crippen molar-refractivity contribution in [1.82, 2.24) is 5.32 Å². The molecular formula is C21H18N2O4S. The summed E-state index contributed by atoms with van der Waals surface area (Å²) in [5, 5.41) is 7.47. The van der Waals surface area contributed by atoms with Gasteiger partial charge in [-0.1, -0.05) is 48.5 Å². The molecule has 0 fully saturated rings. The zero-order valence-corrected chi connectivity index (χ0v) is 15.9. The van der Waals surface area contributed by atoms with E-state index in [4.69, 9.17) is 4.74 Å². The lowest BCUT2D eigenvalue weighted by molar-refractivity contribution is 0.0601. The Morgan fingerprint density at radius 1 is 0.929 bits per heavy atom. The van der Waals surface area contributed by atoms with Gasteiger partial charge in [0.2, 0.25) is 5.78 Å². The van der Waals surface area contributed by atoms with Gasteiger partial charge >= 0.3 is 5.97 Å². The maximum Gasteiger partial charge on any atom is 0.339 e. The van der Waals surface area contributed by atoms with Crippen molar-refractivity contribution in [2.24, 2.45) is 0 Å². The van der Waals surface area contributed by atoms with Gasteiger partial charge in [-0.3, -0.25) is 9.59 Å². The molecule has 1 aromatic heterocycles. The number of nitrogens with one attached hydrogen (secondary N) is 2. The van der Waals surface area contributed by atoms with Crippen molar-refractivity contribution in [3.63, 3.8) is 0 Å². The SMILES string of the molecule is COC(=O)c1ccccc1NC(NC(=O)c1cccs1)C(=O)c1ccccc1. The van der Waals surface area contributed by atoms with E-state index < -0.39 is 12.1 Å². The molecule has 0 aliphatic rings. The minimum atomic E-state index is -1.07. The van der Waals surface area contributed by atoms with Crippen LogP contribution < -0.4 is 10.6 Å². The molecule has 1 unspecified atom stereocenters. The molecule has 0 saturated carbocycles. The molecule has 0 bridgehead atoms. The summed E-state index contributed by atoms with van der Waals surface area (Å²) >= 11 is 1.27. The van der Waals surface area contributed by atoms with E-state index in [1.54, 1.807) is 72.1 Å². The fourth-order valence-corrected chi connectivity index (χ4v) is 3.23. The number of benzene rings is 2. The number of esters is 1. The molecule has 1 heterocycles. The zero-order chi connectivity index (χ0) is 19.9. The van der Waals surface area contributed by atoms with Gasteiger partial charge in [0.05, 0.1) is 23.2 Å². The summed E-state index contributed by atoms with van der Waals surface area (Å²) in [6.07, 6.45) is -1.07. The van der Waals surface area contributed by atoms with Crippen LogP contribution in [0.3, 0.4) is 0 Å². The first-order valence-corrected chi connectivity index (χ1v) is 9.35. The fraction of sp³-hybridized carbons (Fsp3) is 0.0952. The lowest BCUT2D eigenvalue weighted by atomic mass is 10.1. The molecule has 142 valence electrons. The van der Waals surface area contributed by atoms with Gasteiger partial charge in [-0.25, -0.2) is 4.79 Å².